The van der Waals surface area contributed by atoms with Gasteiger partial charge >= 0.3 is 0 Å². The SMILES string of the molecule is Cc1nc2n(n1)CC(=O)NCCCN(C(=O)CCC(C)C)CCCC(=O)N[C@H](Cc1ccccc1)C(=O)N[C@H]2C(C)C. The molecule has 0 spiro atoms. The number of carbonyl (C=O) groups is 4. The minimum atomic E-state index is -0.815. The molecule has 0 fully saturated rings. The lowest BCUT2D eigenvalue weighted by Crippen LogP contribution is -2.50. The number of amides is 4. The van der Waals surface area contributed by atoms with Crippen LogP contribution < -0.4 is 16.0 Å². The van der Waals surface area contributed by atoms with Crippen LogP contribution in [0.1, 0.15) is 83.1 Å². The molecule has 0 saturated carbocycles. The van der Waals surface area contributed by atoms with Gasteiger partial charge in [0.05, 0.1) is 6.04 Å². The molecule has 2 aromatic rings. The van der Waals surface area contributed by atoms with Gasteiger partial charge in [0.25, 0.3) is 0 Å². The molecule has 1 aliphatic rings. The third kappa shape index (κ3) is 10.3. The van der Waals surface area contributed by atoms with Crippen LogP contribution in [0.15, 0.2) is 30.3 Å². The highest BCUT2D eigenvalue weighted by atomic mass is 16.2. The van der Waals surface area contributed by atoms with Gasteiger partial charge < -0.3 is 20.9 Å². The summed E-state index contributed by atoms with van der Waals surface area (Å²) in [5.74, 6) is 0.581. The lowest BCUT2D eigenvalue weighted by atomic mass is 10.0. The van der Waals surface area contributed by atoms with Crippen molar-refractivity contribution < 1.29 is 19.2 Å². The van der Waals surface area contributed by atoms with E-state index < -0.39 is 12.1 Å². The Morgan fingerprint density at radius 1 is 1.00 bits per heavy atom. The smallest absolute Gasteiger partial charge is 0.243 e. The fourth-order valence-electron chi connectivity index (χ4n) is 4.98. The Morgan fingerprint density at radius 2 is 1.71 bits per heavy atom. The van der Waals surface area contributed by atoms with Gasteiger partial charge in [-0.2, -0.15) is 5.10 Å². The van der Waals surface area contributed by atoms with Crippen LogP contribution in [0, 0.1) is 18.8 Å². The summed E-state index contributed by atoms with van der Waals surface area (Å²) < 4.78 is 1.53. The van der Waals surface area contributed by atoms with Gasteiger partial charge in [-0.3, -0.25) is 19.2 Å². The summed E-state index contributed by atoms with van der Waals surface area (Å²) in [7, 11) is 0. The van der Waals surface area contributed by atoms with E-state index in [4.69, 9.17) is 0 Å². The first-order valence-corrected chi connectivity index (χ1v) is 15.1. The lowest BCUT2D eigenvalue weighted by molar-refractivity contribution is -0.132. The maximum Gasteiger partial charge on any atom is 0.243 e. The van der Waals surface area contributed by atoms with Crippen molar-refractivity contribution in [2.24, 2.45) is 11.8 Å². The van der Waals surface area contributed by atoms with E-state index >= 15 is 0 Å². The van der Waals surface area contributed by atoms with E-state index in [0.29, 0.717) is 62.9 Å². The number of hydrogen-bond donors (Lipinski definition) is 3. The molecule has 1 aromatic carbocycles. The molecule has 230 valence electrons. The predicted molar refractivity (Wildman–Crippen MR) is 160 cm³/mol. The van der Waals surface area contributed by atoms with Crippen LogP contribution in [-0.4, -0.2) is 69.0 Å². The molecule has 0 unspecified atom stereocenters. The fourth-order valence-corrected chi connectivity index (χ4v) is 4.98. The van der Waals surface area contributed by atoms with Gasteiger partial charge in [-0.25, -0.2) is 9.67 Å². The molecule has 3 rings (SSSR count). The highest BCUT2D eigenvalue weighted by Gasteiger charge is 2.29. The highest BCUT2D eigenvalue weighted by Crippen LogP contribution is 2.21. The molecule has 3 N–H and O–H groups in total. The molecule has 0 saturated heterocycles. The van der Waals surface area contributed by atoms with Crippen molar-refractivity contribution in [3.8, 4) is 0 Å². The number of nitrogens with one attached hydrogen (secondary N) is 3. The fraction of sp³-hybridized carbons (Fsp3) is 0.613. The first-order valence-electron chi connectivity index (χ1n) is 15.1. The Bertz CT molecular complexity index is 1200. The molecule has 1 aliphatic heterocycles. The van der Waals surface area contributed by atoms with Crippen molar-refractivity contribution in [3.05, 3.63) is 47.5 Å². The van der Waals surface area contributed by atoms with Crippen LogP contribution in [0.2, 0.25) is 0 Å². The quantitative estimate of drug-likeness (QED) is 0.480. The first kappa shape index (κ1) is 32.8. The normalized spacial score (nSPS) is 19.9. The molecule has 0 radical (unpaired) electrons. The van der Waals surface area contributed by atoms with Crippen molar-refractivity contribution in [2.75, 3.05) is 19.6 Å². The van der Waals surface area contributed by atoms with Gasteiger partial charge in [0.15, 0.2) is 5.82 Å². The molecular weight excluding hydrogens is 534 g/mol. The van der Waals surface area contributed by atoms with Crippen LogP contribution in [0.5, 0.6) is 0 Å². The van der Waals surface area contributed by atoms with Gasteiger partial charge in [0.2, 0.25) is 23.6 Å². The minimum absolute atomic E-state index is 0.0452. The highest BCUT2D eigenvalue weighted by molar-refractivity contribution is 5.88. The summed E-state index contributed by atoms with van der Waals surface area (Å²) in [5, 5.41) is 13.4. The van der Waals surface area contributed by atoms with E-state index in [1.165, 1.54) is 4.68 Å². The summed E-state index contributed by atoms with van der Waals surface area (Å²) in [6, 6.07) is 8.20. The molecule has 0 bridgehead atoms. The number of carbonyl (C=O) groups excluding carboxylic acids is 4. The van der Waals surface area contributed by atoms with E-state index in [1.54, 1.807) is 11.8 Å². The van der Waals surface area contributed by atoms with Crippen molar-refractivity contribution in [1.82, 2.24) is 35.6 Å². The second-order valence-electron chi connectivity index (χ2n) is 11.8. The standard InChI is InChI=1S/C31H47N7O4/c1-21(2)14-15-28(41)37-17-9-13-26(39)34-25(19-24-11-7-6-8-12-24)31(42)35-29(22(3)4)30-33-23(5)36-38(30)20-27(40)32-16-10-18-37/h6-8,11-12,21-22,25,29H,9-10,13-20H2,1-5H3,(H,32,40)(H,34,39)(H,35,42)/t25-,29+/m1/s1. The third-order valence-corrected chi connectivity index (χ3v) is 7.32. The van der Waals surface area contributed by atoms with Gasteiger partial charge in [-0.1, -0.05) is 58.0 Å². The molecule has 4 amide bonds. The van der Waals surface area contributed by atoms with Crippen LogP contribution in [-0.2, 0) is 32.1 Å². The van der Waals surface area contributed by atoms with E-state index in [2.05, 4.69) is 39.9 Å². The third-order valence-electron chi connectivity index (χ3n) is 7.32. The van der Waals surface area contributed by atoms with E-state index in [1.807, 2.05) is 44.2 Å². The van der Waals surface area contributed by atoms with E-state index in [0.717, 1.165) is 12.0 Å². The molecule has 42 heavy (non-hydrogen) atoms. The number of rotatable bonds is 6. The zero-order valence-electron chi connectivity index (χ0n) is 25.7. The summed E-state index contributed by atoms with van der Waals surface area (Å²) in [6.45, 7) is 11.1. The number of nitrogens with zero attached hydrogens (tertiary/aromatic N) is 4. The van der Waals surface area contributed by atoms with Gasteiger partial charge in [-0.15, -0.1) is 0 Å². The Morgan fingerprint density at radius 3 is 2.40 bits per heavy atom. The molecule has 2 atom stereocenters. The number of fused-ring (bicyclic) bond motifs is 1. The Kier molecular flexibility index (Phi) is 12.5. The van der Waals surface area contributed by atoms with Gasteiger partial charge in [-0.05, 0) is 43.6 Å². The molecule has 2 heterocycles. The molecule has 11 nitrogen and oxygen atoms in total. The first-order chi connectivity index (χ1) is 20.0. The maximum atomic E-state index is 13.7. The molecule has 0 aliphatic carbocycles. The number of aromatic nitrogens is 3. The van der Waals surface area contributed by atoms with Crippen molar-refractivity contribution in [2.45, 2.75) is 91.8 Å². The molecule has 11 heteroatoms. The van der Waals surface area contributed by atoms with Gasteiger partial charge in [0, 0.05) is 38.9 Å². The zero-order valence-corrected chi connectivity index (χ0v) is 25.7. The minimum Gasteiger partial charge on any atom is -0.354 e. The maximum absolute atomic E-state index is 13.7. The zero-order chi connectivity index (χ0) is 30.6. The van der Waals surface area contributed by atoms with Crippen molar-refractivity contribution >= 4 is 23.6 Å². The topological polar surface area (TPSA) is 138 Å². The van der Waals surface area contributed by atoms with Crippen LogP contribution in [0.3, 0.4) is 0 Å². The van der Waals surface area contributed by atoms with Crippen LogP contribution >= 0.6 is 0 Å². The number of benzene rings is 1. The number of aryl methyl sites for hydroxylation is 1. The average molecular weight is 582 g/mol. The van der Waals surface area contributed by atoms with Crippen LogP contribution in [0.4, 0.5) is 0 Å². The Labute approximate surface area is 249 Å². The Hall–Kier alpha value is -3.76. The Balaban J connectivity index is 1.87. The van der Waals surface area contributed by atoms with E-state index in [-0.39, 0.29) is 42.5 Å². The molecule has 1 aromatic heterocycles. The summed E-state index contributed by atoms with van der Waals surface area (Å²) in [6.07, 6.45) is 2.81. The molecular formula is C31H47N7O4. The lowest BCUT2D eigenvalue weighted by Gasteiger charge is -2.26. The largest absolute Gasteiger partial charge is 0.354 e. The summed E-state index contributed by atoms with van der Waals surface area (Å²) in [5.41, 5.74) is 0.916. The van der Waals surface area contributed by atoms with Crippen LogP contribution in [0.25, 0.3) is 0 Å². The summed E-state index contributed by atoms with van der Waals surface area (Å²) >= 11 is 0. The van der Waals surface area contributed by atoms with Gasteiger partial charge in [0.1, 0.15) is 18.4 Å². The predicted octanol–water partition coefficient (Wildman–Crippen LogP) is 2.69. The average Bonchev–Trinajstić information content (AvgIpc) is 3.29. The second kappa shape index (κ2) is 16.0. The van der Waals surface area contributed by atoms with E-state index in [9.17, 15) is 19.2 Å². The monoisotopic (exact) mass is 581 g/mol. The summed E-state index contributed by atoms with van der Waals surface area (Å²) in [4.78, 5) is 59.0. The van der Waals surface area contributed by atoms with Crippen molar-refractivity contribution in [3.63, 3.8) is 0 Å². The second-order valence-corrected chi connectivity index (χ2v) is 11.8. The number of hydrogen-bond acceptors (Lipinski definition) is 6. The van der Waals surface area contributed by atoms with Crippen molar-refractivity contribution in [1.29, 1.82) is 0 Å².